The third-order valence-corrected chi connectivity index (χ3v) is 4.55. The van der Waals surface area contributed by atoms with Crippen molar-refractivity contribution in [2.45, 2.75) is 24.8 Å². The van der Waals surface area contributed by atoms with Crippen LogP contribution in [0.1, 0.15) is 13.8 Å². The van der Waals surface area contributed by atoms with E-state index in [1.165, 1.54) is 31.2 Å². The summed E-state index contributed by atoms with van der Waals surface area (Å²) in [5.74, 6) is -1.81. The van der Waals surface area contributed by atoms with Crippen LogP contribution in [0.15, 0.2) is 29.2 Å². The van der Waals surface area contributed by atoms with Crippen molar-refractivity contribution in [2.24, 2.45) is 0 Å². The number of halogens is 1. The third kappa shape index (κ3) is 7.08. The largest absolute Gasteiger partial charge is 0.454 e. The molecule has 0 aliphatic rings. The molecule has 1 unspecified atom stereocenters. The maximum atomic E-state index is 12.1. The Morgan fingerprint density at radius 1 is 1.20 bits per heavy atom. The zero-order valence-corrected chi connectivity index (χ0v) is 15.1. The highest BCUT2D eigenvalue weighted by Crippen LogP contribution is 2.14. The Morgan fingerprint density at radius 3 is 2.36 bits per heavy atom. The van der Waals surface area contributed by atoms with E-state index in [4.69, 9.17) is 11.6 Å². The molecule has 138 valence electrons. The third-order valence-electron chi connectivity index (χ3n) is 2.75. The average molecular weight is 392 g/mol. The number of rotatable bonds is 7. The number of ether oxygens (including phenoxy) is 1. The van der Waals surface area contributed by atoms with E-state index >= 15 is 0 Å². The molecule has 0 saturated heterocycles. The van der Waals surface area contributed by atoms with E-state index in [-0.39, 0.29) is 4.90 Å². The van der Waals surface area contributed by atoms with Gasteiger partial charge in [0, 0.05) is 11.6 Å². The van der Waals surface area contributed by atoms with Crippen LogP contribution in [0, 0.1) is 0 Å². The molecule has 0 aliphatic heterocycles. The highest BCUT2D eigenvalue weighted by atomic mass is 35.5. The molecule has 0 fully saturated rings. The SMILES string of the molecule is CCNC(=O)NC(=O)COC(=O)C(C)NS(=O)(=O)c1ccc(Cl)cc1. The molecule has 0 aliphatic carbocycles. The van der Waals surface area contributed by atoms with Crippen LogP contribution in [0.25, 0.3) is 0 Å². The summed E-state index contributed by atoms with van der Waals surface area (Å²) < 4.78 is 31.0. The van der Waals surface area contributed by atoms with Crippen LogP contribution in [-0.4, -0.2) is 45.5 Å². The summed E-state index contributed by atoms with van der Waals surface area (Å²) in [6, 6.07) is 3.39. The molecule has 0 heterocycles. The zero-order chi connectivity index (χ0) is 19.0. The molecule has 3 N–H and O–H groups in total. The lowest BCUT2D eigenvalue weighted by molar-refractivity contribution is -0.149. The van der Waals surface area contributed by atoms with E-state index in [1.807, 2.05) is 5.32 Å². The van der Waals surface area contributed by atoms with Gasteiger partial charge in [-0.15, -0.1) is 0 Å². The summed E-state index contributed by atoms with van der Waals surface area (Å²) in [4.78, 5) is 34.2. The van der Waals surface area contributed by atoms with Gasteiger partial charge in [-0.25, -0.2) is 13.2 Å². The van der Waals surface area contributed by atoms with Gasteiger partial charge >= 0.3 is 12.0 Å². The van der Waals surface area contributed by atoms with E-state index in [0.29, 0.717) is 11.6 Å². The Kier molecular flexibility index (Phi) is 7.81. The molecule has 0 saturated carbocycles. The summed E-state index contributed by atoms with van der Waals surface area (Å²) in [5.41, 5.74) is 0. The Hall–Kier alpha value is -2.17. The number of esters is 1. The first-order chi connectivity index (χ1) is 11.7. The van der Waals surface area contributed by atoms with Crippen molar-refractivity contribution >= 4 is 39.5 Å². The van der Waals surface area contributed by atoms with Crippen LogP contribution >= 0.6 is 11.6 Å². The normalized spacial score (nSPS) is 12.1. The second-order valence-corrected chi connectivity index (χ2v) is 6.96. The first-order valence-corrected chi connectivity index (χ1v) is 9.04. The minimum Gasteiger partial charge on any atom is -0.454 e. The molecule has 1 aromatic carbocycles. The summed E-state index contributed by atoms with van der Waals surface area (Å²) in [5, 5.41) is 4.63. The topological polar surface area (TPSA) is 131 Å². The van der Waals surface area contributed by atoms with Crippen molar-refractivity contribution in [1.82, 2.24) is 15.4 Å². The van der Waals surface area contributed by atoms with E-state index in [2.05, 4.69) is 14.8 Å². The standard InChI is InChI=1S/C14H18ClN3O6S/c1-3-16-14(21)17-12(19)8-24-13(20)9(2)18-25(22,23)11-6-4-10(15)5-7-11/h4-7,9,18H,3,8H2,1-2H3,(H2,16,17,19,21). The van der Waals surface area contributed by atoms with Crippen LogP contribution in [-0.2, 0) is 24.3 Å². The molecule has 25 heavy (non-hydrogen) atoms. The Labute approximate surface area is 150 Å². The molecule has 0 aromatic heterocycles. The van der Waals surface area contributed by atoms with Gasteiger partial charge < -0.3 is 10.1 Å². The number of amides is 3. The first-order valence-electron chi connectivity index (χ1n) is 7.18. The summed E-state index contributed by atoms with van der Waals surface area (Å²) in [6.07, 6.45) is 0. The fourth-order valence-electron chi connectivity index (χ4n) is 1.59. The molecule has 0 spiro atoms. The van der Waals surface area contributed by atoms with Crippen LogP contribution in [0.3, 0.4) is 0 Å². The van der Waals surface area contributed by atoms with Crippen molar-refractivity contribution in [2.75, 3.05) is 13.2 Å². The Bertz CT molecular complexity index is 735. The Morgan fingerprint density at radius 2 is 1.80 bits per heavy atom. The number of urea groups is 1. The summed E-state index contributed by atoms with van der Waals surface area (Å²) in [7, 11) is -3.96. The number of carbonyl (C=O) groups is 3. The molecule has 1 aromatic rings. The van der Waals surface area contributed by atoms with Gasteiger partial charge in [0.2, 0.25) is 10.0 Å². The van der Waals surface area contributed by atoms with Crippen molar-refractivity contribution in [3.05, 3.63) is 29.3 Å². The van der Waals surface area contributed by atoms with Gasteiger partial charge in [0.1, 0.15) is 6.04 Å². The number of benzene rings is 1. The minimum absolute atomic E-state index is 0.0782. The van der Waals surface area contributed by atoms with Crippen LogP contribution in [0.4, 0.5) is 4.79 Å². The van der Waals surface area contributed by atoms with Crippen molar-refractivity contribution < 1.29 is 27.5 Å². The lowest BCUT2D eigenvalue weighted by Crippen LogP contribution is -2.43. The molecule has 3 amide bonds. The maximum absolute atomic E-state index is 12.1. The monoisotopic (exact) mass is 391 g/mol. The highest BCUT2D eigenvalue weighted by Gasteiger charge is 2.23. The zero-order valence-electron chi connectivity index (χ0n) is 13.5. The van der Waals surface area contributed by atoms with E-state index in [0.717, 1.165) is 0 Å². The summed E-state index contributed by atoms with van der Waals surface area (Å²) >= 11 is 5.69. The Balaban J connectivity index is 2.55. The van der Waals surface area contributed by atoms with Gasteiger partial charge in [-0.1, -0.05) is 11.6 Å². The van der Waals surface area contributed by atoms with Crippen LogP contribution in [0.5, 0.6) is 0 Å². The molecule has 0 bridgehead atoms. The number of carbonyl (C=O) groups excluding carboxylic acids is 3. The minimum atomic E-state index is -3.96. The molecule has 1 rings (SSSR count). The predicted octanol–water partition coefficient (Wildman–Crippen LogP) is 0.396. The van der Waals surface area contributed by atoms with Crippen molar-refractivity contribution in [1.29, 1.82) is 0 Å². The number of sulfonamides is 1. The van der Waals surface area contributed by atoms with Gasteiger partial charge in [-0.2, -0.15) is 4.72 Å². The number of hydrogen-bond acceptors (Lipinski definition) is 6. The van der Waals surface area contributed by atoms with Crippen molar-refractivity contribution in [3.8, 4) is 0 Å². The second kappa shape index (κ2) is 9.35. The van der Waals surface area contributed by atoms with E-state index in [1.54, 1.807) is 6.92 Å². The van der Waals surface area contributed by atoms with Gasteiger partial charge in [0.15, 0.2) is 6.61 Å². The van der Waals surface area contributed by atoms with Gasteiger partial charge in [0.05, 0.1) is 4.90 Å². The predicted molar refractivity (Wildman–Crippen MR) is 89.4 cm³/mol. The van der Waals surface area contributed by atoms with Gasteiger partial charge in [0.25, 0.3) is 5.91 Å². The molecule has 11 heteroatoms. The summed E-state index contributed by atoms with van der Waals surface area (Å²) in [6.45, 7) is 2.53. The maximum Gasteiger partial charge on any atom is 0.324 e. The molecule has 0 radical (unpaired) electrons. The van der Waals surface area contributed by atoms with Crippen LogP contribution < -0.4 is 15.4 Å². The lowest BCUT2D eigenvalue weighted by atomic mass is 10.4. The number of imide groups is 1. The van der Waals surface area contributed by atoms with Crippen LogP contribution in [0.2, 0.25) is 5.02 Å². The number of hydrogen-bond donors (Lipinski definition) is 3. The molecule has 9 nitrogen and oxygen atoms in total. The van der Waals surface area contributed by atoms with Gasteiger partial charge in [-0.3, -0.25) is 14.9 Å². The first kappa shape index (κ1) is 20.9. The smallest absolute Gasteiger partial charge is 0.324 e. The fraction of sp³-hybridized carbons (Fsp3) is 0.357. The van der Waals surface area contributed by atoms with Gasteiger partial charge in [-0.05, 0) is 38.1 Å². The van der Waals surface area contributed by atoms with E-state index < -0.39 is 40.6 Å². The lowest BCUT2D eigenvalue weighted by Gasteiger charge is -2.13. The fourth-order valence-corrected chi connectivity index (χ4v) is 2.91. The average Bonchev–Trinajstić information content (AvgIpc) is 2.52. The van der Waals surface area contributed by atoms with E-state index in [9.17, 15) is 22.8 Å². The molecular weight excluding hydrogens is 374 g/mol. The number of nitrogens with one attached hydrogen (secondary N) is 3. The quantitative estimate of drug-likeness (QED) is 0.576. The molecule has 1 atom stereocenters. The second-order valence-electron chi connectivity index (χ2n) is 4.81. The van der Waals surface area contributed by atoms with Crippen molar-refractivity contribution in [3.63, 3.8) is 0 Å². The highest BCUT2D eigenvalue weighted by molar-refractivity contribution is 7.89. The molecular formula is C14H18ClN3O6S.